The Balaban J connectivity index is 1.99. The summed E-state index contributed by atoms with van der Waals surface area (Å²) < 4.78 is 19.4. The summed E-state index contributed by atoms with van der Waals surface area (Å²) in [6, 6.07) is 5.33. The zero-order chi connectivity index (χ0) is 14.6. The minimum absolute atomic E-state index is 0.212. The van der Waals surface area contributed by atoms with Crippen molar-refractivity contribution in [2.24, 2.45) is 5.73 Å². The molecule has 1 fully saturated rings. The number of rotatable bonds is 5. The van der Waals surface area contributed by atoms with Crippen LogP contribution in [-0.2, 0) is 6.54 Å². The molecule has 0 bridgehead atoms. The number of piperidine rings is 1. The Bertz CT molecular complexity index is 441. The second-order valence-electron chi connectivity index (χ2n) is 5.30. The first-order valence-corrected chi connectivity index (χ1v) is 8.15. The minimum atomic E-state index is -0.240. The van der Waals surface area contributed by atoms with Crippen molar-refractivity contribution < 1.29 is 9.13 Å². The van der Waals surface area contributed by atoms with E-state index in [-0.39, 0.29) is 10.6 Å². The lowest BCUT2D eigenvalue weighted by atomic mass is 9.95. The lowest BCUT2D eigenvalue weighted by Crippen LogP contribution is -2.46. The number of nitrogens with zero attached hydrogens (tertiary/aromatic N) is 1. The van der Waals surface area contributed by atoms with Gasteiger partial charge in [0, 0.05) is 23.4 Å². The quantitative estimate of drug-likeness (QED) is 0.906. The van der Waals surface area contributed by atoms with Crippen molar-refractivity contribution in [3.8, 4) is 5.75 Å². The van der Waals surface area contributed by atoms with E-state index in [2.05, 4.69) is 11.2 Å². The van der Waals surface area contributed by atoms with Gasteiger partial charge >= 0.3 is 0 Å². The number of hydrogen-bond acceptors (Lipinski definition) is 4. The number of halogens is 1. The van der Waals surface area contributed by atoms with E-state index < -0.39 is 0 Å². The van der Waals surface area contributed by atoms with E-state index in [1.807, 2.05) is 23.9 Å². The second kappa shape index (κ2) is 6.78. The Labute approximate surface area is 124 Å². The van der Waals surface area contributed by atoms with Gasteiger partial charge in [0.2, 0.25) is 0 Å². The van der Waals surface area contributed by atoms with Crippen LogP contribution >= 0.6 is 11.8 Å². The maximum Gasteiger partial charge on any atom is 0.169 e. The first-order valence-electron chi connectivity index (χ1n) is 6.93. The molecule has 20 heavy (non-hydrogen) atoms. The van der Waals surface area contributed by atoms with Crippen molar-refractivity contribution in [3.05, 3.63) is 29.6 Å². The van der Waals surface area contributed by atoms with Crippen molar-refractivity contribution in [1.29, 1.82) is 0 Å². The number of likely N-dealkylation sites (tertiary alicyclic amines) is 1. The molecule has 3 nitrogen and oxygen atoms in total. The predicted molar refractivity (Wildman–Crippen MR) is 82.8 cm³/mol. The third-order valence-corrected chi connectivity index (χ3v) is 5.67. The maximum absolute atomic E-state index is 14.1. The van der Waals surface area contributed by atoms with Crippen LogP contribution in [0.3, 0.4) is 0 Å². The molecule has 0 spiro atoms. The fraction of sp³-hybridized carbons (Fsp3) is 0.600. The molecular formula is C15H23FN2OS. The van der Waals surface area contributed by atoms with Gasteiger partial charge in [0.15, 0.2) is 11.6 Å². The summed E-state index contributed by atoms with van der Waals surface area (Å²) in [6.07, 6.45) is 4.26. The summed E-state index contributed by atoms with van der Waals surface area (Å²) in [4.78, 5) is 2.29. The molecule has 0 saturated carbocycles. The zero-order valence-electron chi connectivity index (χ0n) is 12.2. The standard InChI is InChI=1S/C15H23FN2OS/c1-19-13-5-3-4-12(14(13)16)10-18-8-6-15(11-17,20-2)7-9-18/h3-5H,6-11,17H2,1-2H3. The molecular weight excluding hydrogens is 275 g/mol. The molecule has 112 valence electrons. The summed E-state index contributed by atoms with van der Waals surface area (Å²) in [5.74, 6) is 0.0791. The highest BCUT2D eigenvalue weighted by atomic mass is 32.2. The third-order valence-electron chi connectivity index (χ3n) is 4.23. The molecule has 1 heterocycles. The molecule has 1 aromatic rings. The summed E-state index contributed by atoms with van der Waals surface area (Å²) in [5, 5.41) is 0. The van der Waals surface area contributed by atoms with Gasteiger partial charge in [-0.1, -0.05) is 12.1 Å². The van der Waals surface area contributed by atoms with E-state index in [0.717, 1.165) is 32.5 Å². The van der Waals surface area contributed by atoms with Gasteiger partial charge in [-0.2, -0.15) is 11.8 Å². The van der Waals surface area contributed by atoms with E-state index in [4.69, 9.17) is 10.5 Å². The largest absolute Gasteiger partial charge is 0.494 e. The SMILES string of the molecule is COc1cccc(CN2CCC(CN)(SC)CC2)c1F. The van der Waals surface area contributed by atoms with Crippen LogP contribution in [0.5, 0.6) is 5.75 Å². The molecule has 5 heteroatoms. The van der Waals surface area contributed by atoms with Crippen LogP contribution in [0.25, 0.3) is 0 Å². The van der Waals surface area contributed by atoms with Crippen molar-refractivity contribution in [2.75, 3.05) is 33.0 Å². The third kappa shape index (κ3) is 3.27. The van der Waals surface area contributed by atoms with Gasteiger partial charge in [-0.3, -0.25) is 4.90 Å². The molecule has 0 aromatic heterocycles. The molecule has 0 amide bonds. The second-order valence-corrected chi connectivity index (χ2v) is 6.58. The Morgan fingerprint density at radius 2 is 2.10 bits per heavy atom. The maximum atomic E-state index is 14.1. The highest BCUT2D eigenvalue weighted by molar-refractivity contribution is 8.00. The topological polar surface area (TPSA) is 38.5 Å². The van der Waals surface area contributed by atoms with Crippen LogP contribution in [0.1, 0.15) is 18.4 Å². The Morgan fingerprint density at radius 3 is 2.65 bits per heavy atom. The van der Waals surface area contributed by atoms with Gasteiger partial charge in [-0.25, -0.2) is 4.39 Å². The van der Waals surface area contributed by atoms with Crippen LogP contribution in [0.15, 0.2) is 18.2 Å². The summed E-state index contributed by atoms with van der Waals surface area (Å²) in [6.45, 7) is 3.29. The molecule has 1 saturated heterocycles. The number of methoxy groups -OCH3 is 1. The molecule has 2 N–H and O–H groups in total. The van der Waals surface area contributed by atoms with E-state index in [1.54, 1.807) is 6.07 Å². The number of hydrogen-bond donors (Lipinski definition) is 1. The monoisotopic (exact) mass is 298 g/mol. The van der Waals surface area contributed by atoms with Crippen molar-refractivity contribution in [3.63, 3.8) is 0 Å². The smallest absolute Gasteiger partial charge is 0.169 e. The van der Waals surface area contributed by atoms with Gasteiger partial charge in [-0.05, 0) is 38.3 Å². The van der Waals surface area contributed by atoms with Gasteiger partial charge in [-0.15, -0.1) is 0 Å². The van der Waals surface area contributed by atoms with Gasteiger partial charge < -0.3 is 10.5 Å². The first-order chi connectivity index (χ1) is 9.64. The van der Waals surface area contributed by atoms with E-state index in [9.17, 15) is 4.39 Å². The van der Waals surface area contributed by atoms with E-state index >= 15 is 0 Å². The van der Waals surface area contributed by atoms with Gasteiger partial charge in [0.25, 0.3) is 0 Å². The van der Waals surface area contributed by atoms with Crippen molar-refractivity contribution >= 4 is 11.8 Å². The van der Waals surface area contributed by atoms with Gasteiger partial charge in [0.1, 0.15) is 0 Å². The fourth-order valence-corrected chi connectivity index (χ4v) is 3.44. The highest BCUT2D eigenvalue weighted by Crippen LogP contribution is 2.34. The van der Waals surface area contributed by atoms with E-state index in [1.165, 1.54) is 7.11 Å². The average molecular weight is 298 g/mol. The molecule has 0 radical (unpaired) electrons. The van der Waals surface area contributed by atoms with Crippen LogP contribution in [0.4, 0.5) is 4.39 Å². The zero-order valence-corrected chi connectivity index (χ0v) is 13.0. The minimum Gasteiger partial charge on any atom is -0.494 e. The van der Waals surface area contributed by atoms with Gasteiger partial charge in [0.05, 0.1) is 7.11 Å². The molecule has 1 aliphatic heterocycles. The number of ether oxygens (including phenoxy) is 1. The lowest BCUT2D eigenvalue weighted by Gasteiger charge is -2.40. The highest BCUT2D eigenvalue weighted by Gasteiger charge is 2.32. The Hall–Kier alpha value is -0.780. The number of thioether (sulfide) groups is 1. The fourth-order valence-electron chi connectivity index (χ4n) is 2.69. The van der Waals surface area contributed by atoms with Crippen LogP contribution < -0.4 is 10.5 Å². The normalized spacial score (nSPS) is 19.0. The number of nitrogens with two attached hydrogens (primary N) is 1. The van der Waals surface area contributed by atoms with E-state index in [0.29, 0.717) is 17.9 Å². The van der Waals surface area contributed by atoms with Crippen LogP contribution in [0, 0.1) is 5.82 Å². The average Bonchev–Trinajstić information content (AvgIpc) is 2.50. The van der Waals surface area contributed by atoms with Crippen LogP contribution in [-0.4, -0.2) is 42.6 Å². The van der Waals surface area contributed by atoms with Crippen molar-refractivity contribution in [2.45, 2.75) is 24.1 Å². The summed E-state index contributed by atoms with van der Waals surface area (Å²) in [7, 11) is 1.50. The summed E-state index contributed by atoms with van der Waals surface area (Å²) >= 11 is 1.87. The van der Waals surface area contributed by atoms with Crippen LogP contribution in [0.2, 0.25) is 0 Å². The van der Waals surface area contributed by atoms with Crippen molar-refractivity contribution in [1.82, 2.24) is 4.90 Å². The lowest BCUT2D eigenvalue weighted by molar-refractivity contribution is 0.192. The molecule has 0 atom stereocenters. The first kappa shape index (κ1) is 15.6. The number of benzene rings is 1. The molecule has 1 aliphatic rings. The predicted octanol–water partition coefficient (Wildman–Crippen LogP) is 2.49. The molecule has 0 unspecified atom stereocenters. The Kier molecular flexibility index (Phi) is 5.29. The molecule has 1 aromatic carbocycles. The molecule has 0 aliphatic carbocycles. The molecule has 2 rings (SSSR count). The summed E-state index contributed by atoms with van der Waals surface area (Å²) in [5.41, 5.74) is 6.60. The Morgan fingerprint density at radius 1 is 1.40 bits per heavy atom.